The van der Waals surface area contributed by atoms with E-state index in [-0.39, 0.29) is 0 Å². The zero-order valence-electron chi connectivity index (χ0n) is 15.6. The maximum Gasteiger partial charge on any atom is 0.203 e. The van der Waals surface area contributed by atoms with E-state index in [2.05, 4.69) is 47.9 Å². The molecule has 3 aromatic heterocycles. The third-order valence-corrected chi connectivity index (χ3v) is 5.80. The first-order chi connectivity index (χ1) is 13.3. The van der Waals surface area contributed by atoms with Crippen molar-refractivity contribution in [2.45, 2.75) is 38.5 Å². The van der Waals surface area contributed by atoms with Crippen molar-refractivity contribution in [3.8, 4) is 0 Å². The molecule has 0 unspecified atom stereocenters. The number of aromatic nitrogens is 6. The molecule has 1 aliphatic carbocycles. The second kappa shape index (κ2) is 6.75. The van der Waals surface area contributed by atoms with Crippen LogP contribution < -0.4 is 9.80 Å². The van der Waals surface area contributed by atoms with Crippen LogP contribution in [0.25, 0.3) is 5.65 Å². The molecule has 0 radical (unpaired) electrons. The number of piperazine rings is 1. The Kier molecular flexibility index (Phi) is 4.10. The molecule has 1 saturated heterocycles. The van der Waals surface area contributed by atoms with Crippen molar-refractivity contribution in [3.63, 3.8) is 0 Å². The molecule has 3 aromatic rings. The van der Waals surface area contributed by atoms with E-state index < -0.39 is 0 Å². The third kappa shape index (κ3) is 2.89. The monoisotopic (exact) mass is 364 g/mol. The summed E-state index contributed by atoms with van der Waals surface area (Å²) in [6, 6.07) is 2.19. The Bertz CT molecular complexity index is 940. The number of fused-ring (bicyclic) bond motifs is 1. The van der Waals surface area contributed by atoms with Crippen LogP contribution >= 0.6 is 0 Å². The molecule has 2 aliphatic rings. The van der Waals surface area contributed by atoms with Gasteiger partial charge in [-0.15, -0.1) is 10.2 Å². The maximum absolute atomic E-state index is 4.59. The van der Waals surface area contributed by atoms with Crippen LogP contribution in [-0.4, -0.2) is 55.7 Å². The van der Waals surface area contributed by atoms with E-state index in [1.54, 1.807) is 6.33 Å². The van der Waals surface area contributed by atoms with E-state index in [1.165, 1.54) is 25.0 Å². The molecule has 4 heterocycles. The van der Waals surface area contributed by atoms with E-state index in [0.717, 1.165) is 55.7 Å². The van der Waals surface area contributed by atoms with Gasteiger partial charge in [0.1, 0.15) is 18.0 Å². The van der Waals surface area contributed by atoms with Crippen molar-refractivity contribution in [2.75, 3.05) is 36.0 Å². The summed E-state index contributed by atoms with van der Waals surface area (Å²) >= 11 is 0. The van der Waals surface area contributed by atoms with Gasteiger partial charge in [0.25, 0.3) is 0 Å². The first-order valence-corrected chi connectivity index (χ1v) is 9.84. The van der Waals surface area contributed by atoms with E-state index in [0.29, 0.717) is 5.92 Å². The second-order valence-corrected chi connectivity index (χ2v) is 7.32. The predicted octanol–water partition coefficient (Wildman–Crippen LogP) is 2.07. The summed E-state index contributed by atoms with van der Waals surface area (Å²) in [5.74, 6) is 3.57. The van der Waals surface area contributed by atoms with Crippen LogP contribution in [0.3, 0.4) is 0 Å². The minimum Gasteiger partial charge on any atom is -0.353 e. The van der Waals surface area contributed by atoms with Gasteiger partial charge in [0.15, 0.2) is 5.82 Å². The molecule has 27 heavy (non-hydrogen) atoms. The number of nitrogens with zero attached hydrogens (tertiary/aromatic N) is 8. The summed E-state index contributed by atoms with van der Waals surface area (Å²) in [5.41, 5.74) is 2.05. The fraction of sp³-hybridized carbons (Fsp3) is 0.526. The minimum absolute atomic E-state index is 0.635. The van der Waals surface area contributed by atoms with Crippen molar-refractivity contribution in [1.29, 1.82) is 0 Å². The molecule has 0 N–H and O–H groups in total. The summed E-state index contributed by atoms with van der Waals surface area (Å²) in [4.78, 5) is 18.2. The van der Waals surface area contributed by atoms with Crippen LogP contribution in [0.1, 0.15) is 43.6 Å². The zero-order valence-corrected chi connectivity index (χ0v) is 15.6. The Morgan fingerprint density at radius 3 is 2.56 bits per heavy atom. The normalized spacial score (nSPS) is 18.1. The van der Waals surface area contributed by atoms with Gasteiger partial charge >= 0.3 is 0 Å². The smallest absolute Gasteiger partial charge is 0.203 e. The lowest BCUT2D eigenvalue weighted by molar-refractivity contribution is 0.410. The van der Waals surface area contributed by atoms with Crippen molar-refractivity contribution in [1.82, 2.24) is 29.5 Å². The van der Waals surface area contributed by atoms with Gasteiger partial charge in [-0.05, 0) is 12.8 Å². The highest BCUT2D eigenvalue weighted by Gasteiger charge is 2.25. The average Bonchev–Trinajstić information content (AvgIpc) is 3.10. The quantitative estimate of drug-likeness (QED) is 0.701. The second-order valence-electron chi connectivity index (χ2n) is 7.32. The Hall–Kier alpha value is -2.77. The highest BCUT2D eigenvalue weighted by molar-refractivity contribution is 5.64. The van der Waals surface area contributed by atoms with Crippen LogP contribution in [0.15, 0.2) is 24.8 Å². The Labute approximate surface area is 158 Å². The maximum atomic E-state index is 4.59. The van der Waals surface area contributed by atoms with Gasteiger partial charge in [0.2, 0.25) is 5.65 Å². The first-order valence-electron chi connectivity index (χ1n) is 9.84. The van der Waals surface area contributed by atoms with Gasteiger partial charge in [-0.25, -0.2) is 15.0 Å². The molecule has 140 valence electrons. The van der Waals surface area contributed by atoms with Crippen LogP contribution in [0, 0.1) is 0 Å². The molecular formula is C19H24N8. The number of rotatable bonds is 4. The molecule has 1 aliphatic heterocycles. The summed E-state index contributed by atoms with van der Waals surface area (Å²) in [5, 5.41) is 8.65. The van der Waals surface area contributed by atoms with E-state index in [1.807, 2.05) is 16.8 Å². The Morgan fingerprint density at radius 2 is 1.81 bits per heavy atom. The van der Waals surface area contributed by atoms with Crippen LogP contribution in [0.5, 0.6) is 0 Å². The number of aryl methyl sites for hydroxylation is 1. The summed E-state index contributed by atoms with van der Waals surface area (Å²) in [7, 11) is 0. The van der Waals surface area contributed by atoms with Crippen molar-refractivity contribution in [3.05, 3.63) is 36.3 Å². The third-order valence-electron chi connectivity index (χ3n) is 5.80. The standard InChI is InChI=1S/C19H24N8/c1-2-16-23-24-19-18(20-6-7-27(16)19)26-10-8-25(9-11-26)17-12-15(21-13-22-17)14-4-3-5-14/h6-7,12-14H,2-5,8-11H2,1H3. The van der Waals surface area contributed by atoms with Crippen LogP contribution in [0.2, 0.25) is 0 Å². The Balaban J connectivity index is 1.33. The van der Waals surface area contributed by atoms with Crippen molar-refractivity contribution in [2.24, 2.45) is 0 Å². The molecule has 8 nitrogen and oxygen atoms in total. The molecule has 1 saturated carbocycles. The fourth-order valence-electron chi connectivity index (χ4n) is 3.93. The van der Waals surface area contributed by atoms with Gasteiger partial charge in [0.05, 0.1) is 0 Å². The van der Waals surface area contributed by atoms with Crippen LogP contribution in [-0.2, 0) is 6.42 Å². The van der Waals surface area contributed by atoms with Gasteiger partial charge in [-0.2, -0.15) is 0 Å². The van der Waals surface area contributed by atoms with E-state index >= 15 is 0 Å². The molecule has 0 atom stereocenters. The van der Waals surface area contributed by atoms with Gasteiger partial charge in [-0.1, -0.05) is 13.3 Å². The molecule has 8 heteroatoms. The van der Waals surface area contributed by atoms with Crippen molar-refractivity contribution >= 4 is 17.3 Å². The number of hydrogen-bond acceptors (Lipinski definition) is 7. The average molecular weight is 364 g/mol. The molecular weight excluding hydrogens is 340 g/mol. The van der Waals surface area contributed by atoms with Gasteiger partial charge in [-0.3, -0.25) is 4.40 Å². The number of hydrogen-bond donors (Lipinski definition) is 0. The molecule has 0 amide bonds. The van der Waals surface area contributed by atoms with Gasteiger partial charge < -0.3 is 9.80 Å². The lowest BCUT2D eigenvalue weighted by Crippen LogP contribution is -2.47. The topological polar surface area (TPSA) is 75.3 Å². The van der Waals surface area contributed by atoms with Gasteiger partial charge in [0, 0.05) is 62.7 Å². The van der Waals surface area contributed by atoms with Crippen LogP contribution in [0.4, 0.5) is 11.6 Å². The largest absolute Gasteiger partial charge is 0.353 e. The minimum atomic E-state index is 0.635. The highest BCUT2D eigenvalue weighted by atomic mass is 15.3. The molecule has 0 spiro atoms. The molecule has 0 aromatic carbocycles. The number of anilines is 2. The van der Waals surface area contributed by atoms with E-state index in [4.69, 9.17) is 0 Å². The molecule has 2 fully saturated rings. The summed E-state index contributed by atoms with van der Waals surface area (Å²) < 4.78 is 2.05. The van der Waals surface area contributed by atoms with E-state index in [9.17, 15) is 0 Å². The summed E-state index contributed by atoms with van der Waals surface area (Å²) in [6.45, 7) is 5.71. The highest BCUT2D eigenvalue weighted by Crippen LogP contribution is 2.36. The molecule has 5 rings (SSSR count). The lowest BCUT2D eigenvalue weighted by atomic mass is 9.83. The lowest BCUT2D eigenvalue weighted by Gasteiger charge is -2.36. The van der Waals surface area contributed by atoms with Crippen molar-refractivity contribution < 1.29 is 0 Å². The molecule has 0 bridgehead atoms. The fourth-order valence-corrected chi connectivity index (χ4v) is 3.93. The summed E-state index contributed by atoms with van der Waals surface area (Å²) in [6.07, 6.45) is 10.2. The SMILES string of the molecule is CCc1nnc2c(N3CCN(c4cc(C5CCC5)ncn4)CC3)nccn12. The zero-order chi connectivity index (χ0) is 18.2. The first kappa shape index (κ1) is 16.4. The predicted molar refractivity (Wildman–Crippen MR) is 103 cm³/mol. The Morgan fingerprint density at radius 1 is 1.00 bits per heavy atom.